The molecule has 0 aromatic heterocycles. The van der Waals surface area contributed by atoms with Gasteiger partial charge in [0.25, 0.3) is 0 Å². The second-order valence-corrected chi connectivity index (χ2v) is 4.46. The van der Waals surface area contributed by atoms with Gasteiger partial charge in [0.2, 0.25) is 0 Å². The zero-order chi connectivity index (χ0) is 12.3. The molecule has 2 rings (SSSR count). The van der Waals surface area contributed by atoms with Crippen molar-refractivity contribution in [2.75, 3.05) is 12.3 Å². The minimum absolute atomic E-state index is 0.0380. The molecule has 1 aliphatic carbocycles. The van der Waals surface area contributed by atoms with E-state index in [1.165, 1.54) is 31.4 Å². The summed E-state index contributed by atoms with van der Waals surface area (Å²) in [5.41, 5.74) is 5.58. The van der Waals surface area contributed by atoms with Gasteiger partial charge in [-0.3, -0.25) is 0 Å². The third kappa shape index (κ3) is 2.96. The minimum atomic E-state index is -0.585. The van der Waals surface area contributed by atoms with E-state index in [4.69, 9.17) is 10.5 Å². The van der Waals surface area contributed by atoms with Crippen molar-refractivity contribution in [2.45, 2.75) is 25.7 Å². The molecule has 0 bridgehead atoms. The van der Waals surface area contributed by atoms with E-state index < -0.39 is 11.8 Å². The summed E-state index contributed by atoms with van der Waals surface area (Å²) in [5.74, 6) is -0.368. The van der Waals surface area contributed by atoms with Gasteiger partial charge in [0.05, 0.1) is 17.9 Å². The zero-order valence-electron chi connectivity index (χ0n) is 9.62. The Labute approximate surface area is 99.8 Å². The van der Waals surface area contributed by atoms with E-state index in [1.54, 1.807) is 0 Å². The van der Waals surface area contributed by atoms with Crippen molar-refractivity contribution in [3.8, 4) is 0 Å². The van der Waals surface area contributed by atoms with Crippen LogP contribution in [0.15, 0.2) is 18.2 Å². The lowest BCUT2D eigenvalue weighted by molar-refractivity contribution is 0.0464. The van der Waals surface area contributed by atoms with Crippen LogP contribution >= 0.6 is 0 Å². The van der Waals surface area contributed by atoms with Crippen molar-refractivity contribution in [2.24, 2.45) is 5.92 Å². The first-order valence-corrected chi connectivity index (χ1v) is 5.89. The van der Waals surface area contributed by atoms with Gasteiger partial charge in [-0.15, -0.1) is 0 Å². The molecule has 17 heavy (non-hydrogen) atoms. The van der Waals surface area contributed by atoms with Crippen molar-refractivity contribution in [1.82, 2.24) is 0 Å². The Morgan fingerprint density at radius 3 is 2.82 bits per heavy atom. The summed E-state index contributed by atoms with van der Waals surface area (Å²) >= 11 is 0. The molecule has 0 aliphatic heterocycles. The highest BCUT2D eigenvalue weighted by Gasteiger charge is 2.18. The van der Waals surface area contributed by atoms with E-state index in [9.17, 15) is 9.18 Å². The fourth-order valence-electron chi connectivity index (χ4n) is 1.84. The highest BCUT2D eigenvalue weighted by molar-refractivity contribution is 5.89. The maximum Gasteiger partial charge on any atom is 0.338 e. The number of nitrogen functional groups attached to an aromatic ring is 1. The lowest BCUT2D eigenvalue weighted by Gasteiger charge is -2.24. The summed E-state index contributed by atoms with van der Waals surface area (Å²) in [6.45, 7) is 0.412. The van der Waals surface area contributed by atoms with Crippen LogP contribution in [0.2, 0.25) is 0 Å². The summed E-state index contributed by atoms with van der Waals surface area (Å²) in [5, 5.41) is 0. The van der Waals surface area contributed by atoms with E-state index in [-0.39, 0.29) is 11.3 Å². The van der Waals surface area contributed by atoms with Crippen LogP contribution in [0.5, 0.6) is 0 Å². The van der Waals surface area contributed by atoms with Crippen molar-refractivity contribution in [3.63, 3.8) is 0 Å². The molecule has 0 radical (unpaired) electrons. The standard InChI is InChI=1S/C13H16FNO2/c14-11-8-10(4-5-12(11)15)13(16)17-7-6-9-2-1-3-9/h4-5,8-9H,1-3,6-7,15H2. The molecule has 0 amide bonds. The van der Waals surface area contributed by atoms with Crippen molar-refractivity contribution < 1.29 is 13.9 Å². The molecule has 1 fully saturated rings. The number of benzene rings is 1. The summed E-state index contributed by atoms with van der Waals surface area (Å²) < 4.78 is 18.2. The number of anilines is 1. The summed E-state index contributed by atoms with van der Waals surface area (Å²) in [6, 6.07) is 3.96. The van der Waals surface area contributed by atoms with Crippen LogP contribution in [0.25, 0.3) is 0 Å². The number of carbonyl (C=O) groups excluding carboxylic acids is 1. The van der Waals surface area contributed by atoms with Crippen LogP contribution in [-0.4, -0.2) is 12.6 Å². The number of carbonyl (C=O) groups is 1. The topological polar surface area (TPSA) is 52.3 Å². The lowest BCUT2D eigenvalue weighted by Crippen LogP contribution is -2.15. The Hall–Kier alpha value is -1.58. The number of esters is 1. The summed E-state index contributed by atoms with van der Waals surface area (Å²) in [7, 11) is 0. The second kappa shape index (κ2) is 5.17. The fraction of sp³-hybridized carbons (Fsp3) is 0.462. The Morgan fingerprint density at radius 2 is 2.24 bits per heavy atom. The van der Waals surface area contributed by atoms with Crippen LogP contribution in [0, 0.1) is 11.7 Å². The number of hydrogen-bond donors (Lipinski definition) is 1. The summed E-state index contributed by atoms with van der Waals surface area (Å²) in [6.07, 6.45) is 4.65. The predicted molar refractivity (Wildman–Crippen MR) is 63.1 cm³/mol. The SMILES string of the molecule is Nc1ccc(C(=O)OCCC2CCC2)cc1F. The fourth-order valence-corrected chi connectivity index (χ4v) is 1.84. The number of ether oxygens (including phenoxy) is 1. The van der Waals surface area contributed by atoms with Gasteiger partial charge in [0.15, 0.2) is 0 Å². The maximum absolute atomic E-state index is 13.1. The molecule has 0 heterocycles. The van der Waals surface area contributed by atoms with Gasteiger partial charge in [-0.05, 0) is 30.5 Å². The second-order valence-electron chi connectivity index (χ2n) is 4.46. The van der Waals surface area contributed by atoms with Crippen LogP contribution < -0.4 is 5.73 Å². The van der Waals surface area contributed by atoms with E-state index in [0.717, 1.165) is 12.5 Å². The molecule has 1 aromatic carbocycles. The van der Waals surface area contributed by atoms with Crippen LogP contribution in [0.1, 0.15) is 36.0 Å². The van der Waals surface area contributed by atoms with Crippen molar-refractivity contribution >= 4 is 11.7 Å². The monoisotopic (exact) mass is 237 g/mol. The highest BCUT2D eigenvalue weighted by Crippen LogP contribution is 2.29. The molecule has 3 nitrogen and oxygen atoms in total. The third-order valence-electron chi connectivity index (χ3n) is 3.22. The molecule has 0 saturated heterocycles. The third-order valence-corrected chi connectivity index (χ3v) is 3.22. The molecular weight excluding hydrogens is 221 g/mol. The molecular formula is C13H16FNO2. The van der Waals surface area contributed by atoms with E-state index in [0.29, 0.717) is 12.5 Å². The molecule has 0 unspecified atom stereocenters. The molecule has 0 spiro atoms. The van der Waals surface area contributed by atoms with E-state index in [2.05, 4.69) is 0 Å². The smallest absolute Gasteiger partial charge is 0.338 e. The van der Waals surface area contributed by atoms with Crippen LogP contribution in [0.4, 0.5) is 10.1 Å². The number of hydrogen-bond acceptors (Lipinski definition) is 3. The van der Waals surface area contributed by atoms with Crippen LogP contribution in [0.3, 0.4) is 0 Å². The Kier molecular flexibility index (Phi) is 3.61. The highest BCUT2D eigenvalue weighted by atomic mass is 19.1. The first-order valence-electron chi connectivity index (χ1n) is 5.89. The Balaban J connectivity index is 1.83. The van der Waals surface area contributed by atoms with Gasteiger partial charge >= 0.3 is 5.97 Å². The molecule has 92 valence electrons. The number of rotatable bonds is 4. The molecule has 4 heteroatoms. The quantitative estimate of drug-likeness (QED) is 0.647. The normalized spacial score (nSPS) is 15.4. The van der Waals surface area contributed by atoms with Gasteiger partial charge < -0.3 is 10.5 Å². The van der Waals surface area contributed by atoms with Gasteiger partial charge in [0.1, 0.15) is 5.82 Å². The van der Waals surface area contributed by atoms with E-state index >= 15 is 0 Å². The molecule has 1 aromatic rings. The van der Waals surface area contributed by atoms with Crippen molar-refractivity contribution in [3.05, 3.63) is 29.6 Å². The van der Waals surface area contributed by atoms with E-state index in [1.807, 2.05) is 0 Å². The zero-order valence-corrected chi connectivity index (χ0v) is 9.62. The lowest BCUT2D eigenvalue weighted by atomic mass is 9.83. The van der Waals surface area contributed by atoms with Gasteiger partial charge in [0, 0.05) is 0 Å². The maximum atomic E-state index is 13.1. The molecule has 1 saturated carbocycles. The number of nitrogens with two attached hydrogens (primary N) is 1. The summed E-state index contributed by atoms with van der Waals surface area (Å²) in [4.78, 5) is 11.6. The first kappa shape index (κ1) is 11.9. The molecule has 0 atom stereocenters. The number of halogens is 1. The van der Waals surface area contributed by atoms with Gasteiger partial charge in [-0.25, -0.2) is 9.18 Å². The largest absolute Gasteiger partial charge is 0.462 e. The average Bonchev–Trinajstić information content (AvgIpc) is 2.25. The Morgan fingerprint density at radius 1 is 1.47 bits per heavy atom. The van der Waals surface area contributed by atoms with Crippen molar-refractivity contribution in [1.29, 1.82) is 0 Å². The molecule has 2 N–H and O–H groups in total. The minimum Gasteiger partial charge on any atom is -0.462 e. The average molecular weight is 237 g/mol. The van der Waals surface area contributed by atoms with Crippen LogP contribution in [-0.2, 0) is 4.74 Å². The molecule has 1 aliphatic rings. The first-order chi connectivity index (χ1) is 8.16. The predicted octanol–water partition coefficient (Wildman–Crippen LogP) is 2.75. The van der Waals surface area contributed by atoms with Gasteiger partial charge in [-0.1, -0.05) is 19.3 Å². The Bertz CT molecular complexity index is 416. The van der Waals surface area contributed by atoms with Gasteiger partial charge in [-0.2, -0.15) is 0 Å².